The Hall–Kier alpha value is -1.53. The summed E-state index contributed by atoms with van der Waals surface area (Å²) in [6.07, 6.45) is 7.64. The first-order valence-corrected chi connectivity index (χ1v) is 10.8. The highest BCUT2D eigenvalue weighted by molar-refractivity contribution is 7.09. The van der Waals surface area contributed by atoms with E-state index in [4.69, 9.17) is 4.98 Å². The van der Waals surface area contributed by atoms with Crippen molar-refractivity contribution in [3.05, 3.63) is 44.3 Å². The van der Waals surface area contributed by atoms with Crippen LogP contribution in [0.1, 0.15) is 60.8 Å². The van der Waals surface area contributed by atoms with Gasteiger partial charge < -0.3 is 0 Å². The number of aromatic nitrogens is 3. The van der Waals surface area contributed by atoms with E-state index in [9.17, 15) is 4.79 Å². The van der Waals surface area contributed by atoms with E-state index in [2.05, 4.69) is 15.4 Å². The number of hydrogen-bond acceptors (Lipinski definition) is 5. The predicted octanol–water partition coefficient (Wildman–Crippen LogP) is 3.58. The van der Waals surface area contributed by atoms with Gasteiger partial charge in [0.05, 0.1) is 16.4 Å². The maximum atomic E-state index is 11.9. The van der Waals surface area contributed by atoms with Crippen molar-refractivity contribution in [1.82, 2.24) is 19.7 Å². The summed E-state index contributed by atoms with van der Waals surface area (Å²) in [5, 5.41) is 7.99. The van der Waals surface area contributed by atoms with Crippen LogP contribution in [0.4, 0.5) is 0 Å². The zero-order valence-electron chi connectivity index (χ0n) is 15.6. The number of rotatable bonds is 5. The van der Waals surface area contributed by atoms with Crippen molar-refractivity contribution in [2.75, 3.05) is 13.1 Å². The van der Waals surface area contributed by atoms with Crippen LogP contribution in [0, 0.1) is 12.8 Å². The monoisotopic (exact) mass is 372 g/mol. The zero-order valence-corrected chi connectivity index (χ0v) is 16.4. The van der Waals surface area contributed by atoms with E-state index < -0.39 is 0 Å². The molecule has 26 heavy (non-hydrogen) atoms. The number of piperidine rings is 1. The van der Waals surface area contributed by atoms with Crippen LogP contribution in [0.15, 0.2) is 22.3 Å². The smallest absolute Gasteiger partial charge is 0.266 e. The molecule has 1 saturated heterocycles. The standard InChI is InChI=1S/C20H28N4OS/c1-15-6-7-19(25)24(22-15)12-16-8-10-23(11-9-16)13-18-14-26-20(21-18)17-4-2-3-5-17/h6-7,14,16-17H,2-5,8-13H2,1H3. The molecule has 0 atom stereocenters. The van der Waals surface area contributed by atoms with Crippen molar-refractivity contribution >= 4 is 11.3 Å². The Kier molecular flexibility index (Phi) is 5.50. The fraction of sp³-hybridized carbons (Fsp3) is 0.650. The molecule has 4 rings (SSSR count). The molecule has 2 fully saturated rings. The molecular formula is C20H28N4OS. The summed E-state index contributed by atoms with van der Waals surface area (Å²) in [6.45, 7) is 5.82. The number of likely N-dealkylation sites (tertiary alicyclic amines) is 1. The lowest BCUT2D eigenvalue weighted by Gasteiger charge is -2.31. The summed E-state index contributed by atoms with van der Waals surface area (Å²) in [7, 11) is 0. The molecule has 0 bridgehead atoms. The van der Waals surface area contributed by atoms with Gasteiger partial charge in [0.1, 0.15) is 0 Å². The van der Waals surface area contributed by atoms with Crippen LogP contribution < -0.4 is 5.56 Å². The third kappa shape index (κ3) is 4.23. The Morgan fingerprint density at radius 2 is 1.92 bits per heavy atom. The Morgan fingerprint density at radius 3 is 2.69 bits per heavy atom. The minimum absolute atomic E-state index is 0.0138. The normalized spacial score (nSPS) is 20.0. The highest BCUT2D eigenvalue weighted by Gasteiger charge is 2.23. The second-order valence-electron chi connectivity index (χ2n) is 7.87. The van der Waals surface area contributed by atoms with Gasteiger partial charge in [0.25, 0.3) is 5.56 Å². The van der Waals surface area contributed by atoms with Gasteiger partial charge in [-0.2, -0.15) is 5.10 Å². The average Bonchev–Trinajstić information content (AvgIpc) is 3.31. The molecule has 0 spiro atoms. The van der Waals surface area contributed by atoms with E-state index in [0.717, 1.165) is 50.6 Å². The summed E-state index contributed by atoms with van der Waals surface area (Å²) in [4.78, 5) is 19.4. The topological polar surface area (TPSA) is 51.0 Å². The van der Waals surface area contributed by atoms with Crippen molar-refractivity contribution < 1.29 is 0 Å². The molecule has 0 aromatic carbocycles. The van der Waals surface area contributed by atoms with Crippen LogP contribution in [0.2, 0.25) is 0 Å². The van der Waals surface area contributed by atoms with E-state index in [-0.39, 0.29) is 5.56 Å². The zero-order chi connectivity index (χ0) is 17.9. The molecule has 1 aliphatic heterocycles. The van der Waals surface area contributed by atoms with Crippen molar-refractivity contribution in [1.29, 1.82) is 0 Å². The molecule has 0 radical (unpaired) electrons. The molecule has 2 aromatic rings. The van der Waals surface area contributed by atoms with Gasteiger partial charge in [0, 0.05) is 30.5 Å². The SMILES string of the molecule is Cc1ccc(=O)n(CC2CCN(Cc3csc(C4CCCC4)n3)CC2)n1. The van der Waals surface area contributed by atoms with Crippen molar-refractivity contribution in [3.63, 3.8) is 0 Å². The summed E-state index contributed by atoms with van der Waals surface area (Å²) >= 11 is 1.86. The van der Waals surface area contributed by atoms with Crippen molar-refractivity contribution in [2.24, 2.45) is 5.92 Å². The van der Waals surface area contributed by atoms with Crippen LogP contribution in [-0.4, -0.2) is 32.8 Å². The summed E-state index contributed by atoms with van der Waals surface area (Å²) in [5.41, 5.74) is 2.16. The Morgan fingerprint density at radius 1 is 1.15 bits per heavy atom. The molecule has 2 aromatic heterocycles. The second kappa shape index (κ2) is 8.01. The molecule has 0 N–H and O–H groups in total. The van der Waals surface area contributed by atoms with Gasteiger partial charge in [-0.05, 0) is 57.7 Å². The molecule has 2 aliphatic rings. The predicted molar refractivity (Wildman–Crippen MR) is 105 cm³/mol. The van der Waals surface area contributed by atoms with Gasteiger partial charge in [0.2, 0.25) is 0 Å². The van der Waals surface area contributed by atoms with Crippen LogP contribution in [0.25, 0.3) is 0 Å². The second-order valence-corrected chi connectivity index (χ2v) is 8.76. The molecule has 140 valence electrons. The minimum Gasteiger partial charge on any atom is -0.297 e. The number of thiazole rings is 1. The first-order chi connectivity index (χ1) is 12.7. The highest BCUT2D eigenvalue weighted by atomic mass is 32.1. The van der Waals surface area contributed by atoms with Gasteiger partial charge in [-0.3, -0.25) is 9.69 Å². The molecule has 0 amide bonds. The lowest BCUT2D eigenvalue weighted by molar-refractivity contribution is 0.162. The Labute approximate surface area is 159 Å². The Balaban J connectivity index is 1.28. The molecule has 1 aliphatic carbocycles. The quantitative estimate of drug-likeness (QED) is 0.805. The van der Waals surface area contributed by atoms with E-state index in [1.54, 1.807) is 16.8 Å². The lowest BCUT2D eigenvalue weighted by Crippen LogP contribution is -2.36. The van der Waals surface area contributed by atoms with Crippen LogP contribution >= 0.6 is 11.3 Å². The van der Waals surface area contributed by atoms with Gasteiger partial charge in [-0.25, -0.2) is 9.67 Å². The van der Waals surface area contributed by atoms with Crippen LogP contribution in [-0.2, 0) is 13.1 Å². The maximum absolute atomic E-state index is 11.9. The first kappa shape index (κ1) is 17.9. The van der Waals surface area contributed by atoms with Crippen LogP contribution in [0.5, 0.6) is 0 Å². The fourth-order valence-corrected chi connectivity index (χ4v) is 5.22. The van der Waals surface area contributed by atoms with E-state index in [1.807, 2.05) is 18.3 Å². The lowest BCUT2D eigenvalue weighted by atomic mass is 9.97. The summed E-state index contributed by atoms with van der Waals surface area (Å²) in [6, 6.07) is 3.41. The van der Waals surface area contributed by atoms with Crippen LogP contribution in [0.3, 0.4) is 0 Å². The number of aryl methyl sites for hydroxylation is 1. The van der Waals surface area contributed by atoms with Crippen molar-refractivity contribution in [3.8, 4) is 0 Å². The third-order valence-electron chi connectivity index (χ3n) is 5.80. The highest BCUT2D eigenvalue weighted by Crippen LogP contribution is 2.35. The maximum Gasteiger partial charge on any atom is 0.266 e. The molecule has 1 saturated carbocycles. The third-order valence-corrected chi connectivity index (χ3v) is 6.85. The van der Waals surface area contributed by atoms with E-state index >= 15 is 0 Å². The number of nitrogens with zero attached hydrogens (tertiary/aromatic N) is 4. The summed E-state index contributed by atoms with van der Waals surface area (Å²) < 4.78 is 1.64. The molecule has 5 nitrogen and oxygen atoms in total. The molecular weight excluding hydrogens is 344 g/mol. The Bertz CT molecular complexity index is 785. The van der Waals surface area contributed by atoms with Crippen molar-refractivity contribution in [2.45, 2.75) is 64.5 Å². The summed E-state index contributed by atoms with van der Waals surface area (Å²) in [5.74, 6) is 1.27. The fourth-order valence-electron chi connectivity index (χ4n) is 4.24. The van der Waals surface area contributed by atoms with Gasteiger partial charge in [-0.15, -0.1) is 11.3 Å². The number of hydrogen-bond donors (Lipinski definition) is 0. The molecule has 3 heterocycles. The van der Waals surface area contributed by atoms with Gasteiger partial charge in [-0.1, -0.05) is 12.8 Å². The molecule has 0 unspecified atom stereocenters. The first-order valence-electron chi connectivity index (χ1n) is 9.89. The van der Waals surface area contributed by atoms with E-state index in [1.165, 1.54) is 36.4 Å². The van der Waals surface area contributed by atoms with Gasteiger partial charge in [0.15, 0.2) is 0 Å². The molecule has 6 heteroatoms. The minimum atomic E-state index is 0.0138. The average molecular weight is 373 g/mol. The van der Waals surface area contributed by atoms with Gasteiger partial charge >= 0.3 is 0 Å². The van der Waals surface area contributed by atoms with E-state index in [0.29, 0.717) is 5.92 Å². The largest absolute Gasteiger partial charge is 0.297 e.